The average Bonchev–Trinajstić information content (AvgIpc) is 2.71. The molecular formula is C23H27ClN4O2. The highest BCUT2D eigenvalue weighted by Crippen LogP contribution is 2.25. The summed E-state index contributed by atoms with van der Waals surface area (Å²) in [5.41, 5.74) is 1.01. The molecule has 0 bridgehead atoms. The normalized spacial score (nSPS) is 12.5. The fraction of sp³-hybridized carbons (Fsp3) is 0.348. The highest BCUT2D eigenvalue weighted by Gasteiger charge is 2.21. The molecule has 1 aromatic heterocycles. The third-order valence-electron chi connectivity index (χ3n) is 4.96. The van der Waals surface area contributed by atoms with Gasteiger partial charge in [-0.15, -0.1) is 0 Å². The first kappa shape index (κ1) is 22.0. The maximum Gasteiger partial charge on any atom is 0.274 e. The number of nitrogens with one attached hydrogen (secondary N) is 1. The Morgan fingerprint density at radius 3 is 2.37 bits per heavy atom. The summed E-state index contributed by atoms with van der Waals surface area (Å²) in [7, 11) is 3.88. The number of amides is 1. The van der Waals surface area contributed by atoms with Gasteiger partial charge >= 0.3 is 0 Å². The minimum atomic E-state index is -0.317. The van der Waals surface area contributed by atoms with Crippen molar-refractivity contribution in [2.45, 2.75) is 26.4 Å². The SMILES string of the molecule is CC(C)Cn1nc(C(=O)NC[C@H](c2ccccc2Cl)N(C)C)c2ccccc2c1=O. The quantitative estimate of drug-likeness (QED) is 0.625. The van der Waals surface area contributed by atoms with Gasteiger partial charge in [-0.05, 0) is 37.7 Å². The highest BCUT2D eigenvalue weighted by molar-refractivity contribution is 6.31. The zero-order valence-corrected chi connectivity index (χ0v) is 18.5. The second-order valence-corrected chi connectivity index (χ2v) is 8.39. The molecule has 158 valence electrons. The van der Waals surface area contributed by atoms with E-state index in [2.05, 4.69) is 10.4 Å². The lowest BCUT2D eigenvalue weighted by atomic mass is 10.1. The number of carbonyl (C=O) groups excluding carboxylic acids is 1. The van der Waals surface area contributed by atoms with Crippen molar-refractivity contribution in [3.05, 3.63) is 75.2 Å². The number of rotatable bonds is 7. The monoisotopic (exact) mass is 426 g/mol. The summed E-state index contributed by atoms with van der Waals surface area (Å²) in [6.45, 7) is 4.82. The number of likely N-dealkylation sites (N-methyl/N-ethyl adjacent to an activating group) is 1. The van der Waals surface area contributed by atoms with E-state index in [4.69, 9.17) is 11.6 Å². The Bertz CT molecular complexity index is 1110. The fourth-order valence-corrected chi connectivity index (χ4v) is 3.72. The standard InChI is InChI=1S/C23H27ClN4O2/c1-15(2)14-28-23(30)17-10-6-5-9-16(17)21(26-28)22(29)25-13-20(27(3)4)18-11-7-8-12-19(18)24/h5-12,15,20H,13-14H2,1-4H3,(H,25,29)/t20-/m1/s1. The van der Waals surface area contributed by atoms with Gasteiger partial charge in [0.25, 0.3) is 11.5 Å². The van der Waals surface area contributed by atoms with Crippen molar-refractivity contribution in [3.63, 3.8) is 0 Å². The number of carbonyl (C=O) groups is 1. The summed E-state index contributed by atoms with van der Waals surface area (Å²) in [5.74, 6) is -0.0896. The molecule has 0 saturated heterocycles. The van der Waals surface area contributed by atoms with E-state index in [-0.39, 0.29) is 29.1 Å². The van der Waals surface area contributed by atoms with Crippen LogP contribution in [0.1, 0.15) is 35.9 Å². The highest BCUT2D eigenvalue weighted by atomic mass is 35.5. The zero-order valence-electron chi connectivity index (χ0n) is 17.7. The minimum absolute atomic E-state index is 0.101. The number of nitrogens with zero attached hydrogens (tertiary/aromatic N) is 3. The number of benzene rings is 2. The Labute approximate surface area is 181 Å². The van der Waals surface area contributed by atoms with Crippen LogP contribution in [0.3, 0.4) is 0 Å². The van der Waals surface area contributed by atoms with Crippen LogP contribution < -0.4 is 10.9 Å². The van der Waals surface area contributed by atoms with Crippen LogP contribution in [0.25, 0.3) is 10.8 Å². The van der Waals surface area contributed by atoms with Crippen molar-refractivity contribution in [3.8, 4) is 0 Å². The molecule has 1 amide bonds. The molecule has 0 spiro atoms. The van der Waals surface area contributed by atoms with E-state index in [1.54, 1.807) is 24.3 Å². The Balaban J connectivity index is 1.93. The van der Waals surface area contributed by atoms with Crippen LogP contribution in [0.2, 0.25) is 5.02 Å². The molecule has 3 aromatic rings. The second-order valence-electron chi connectivity index (χ2n) is 7.99. The summed E-state index contributed by atoms with van der Waals surface area (Å²) in [5, 5.41) is 9.09. The molecular weight excluding hydrogens is 400 g/mol. The van der Waals surface area contributed by atoms with Gasteiger partial charge in [0.05, 0.1) is 11.4 Å². The predicted molar refractivity (Wildman–Crippen MR) is 121 cm³/mol. The van der Waals surface area contributed by atoms with Crippen molar-refractivity contribution in [1.29, 1.82) is 0 Å². The van der Waals surface area contributed by atoms with Crippen LogP contribution in [0.15, 0.2) is 53.3 Å². The largest absolute Gasteiger partial charge is 0.349 e. The molecule has 1 atom stereocenters. The molecule has 0 aliphatic carbocycles. The lowest BCUT2D eigenvalue weighted by Crippen LogP contribution is -2.36. The van der Waals surface area contributed by atoms with Gasteiger partial charge in [-0.25, -0.2) is 4.68 Å². The van der Waals surface area contributed by atoms with E-state index in [1.807, 2.05) is 57.1 Å². The lowest BCUT2D eigenvalue weighted by molar-refractivity contribution is 0.0936. The van der Waals surface area contributed by atoms with E-state index in [0.29, 0.717) is 28.9 Å². The van der Waals surface area contributed by atoms with E-state index >= 15 is 0 Å². The molecule has 0 fully saturated rings. The predicted octanol–water partition coefficient (Wildman–Crippen LogP) is 3.74. The molecule has 2 aromatic carbocycles. The van der Waals surface area contributed by atoms with Crippen LogP contribution in [-0.2, 0) is 6.54 Å². The van der Waals surface area contributed by atoms with E-state index < -0.39 is 0 Å². The molecule has 0 radical (unpaired) electrons. The number of hydrogen-bond acceptors (Lipinski definition) is 4. The van der Waals surface area contributed by atoms with Crippen LogP contribution in [0, 0.1) is 5.92 Å². The summed E-state index contributed by atoms with van der Waals surface area (Å²) in [6.07, 6.45) is 0. The van der Waals surface area contributed by atoms with Crippen molar-refractivity contribution >= 4 is 28.3 Å². The molecule has 0 unspecified atom stereocenters. The number of fused-ring (bicyclic) bond motifs is 1. The molecule has 0 aliphatic rings. The third-order valence-corrected chi connectivity index (χ3v) is 5.31. The van der Waals surface area contributed by atoms with E-state index in [9.17, 15) is 9.59 Å². The lowest BCUT2D eigenvalue weighted by Gasteiger charge is -2.26. The van der Waals surface area contributed by atoms with Crippen LogP contribution in [0.4, 0.5) is 0 Å². The molecule has 1 heterocycles. The maximum absolute atomic E-state index is 13.1. The third kappa shape index (κ3) is 4.71. The molecule has 1 N–H and O–H groups in total. The number of halogens is 1. The van der Waals surface area contributed by atoms with Crippen molar-refractivity contribution < 1.29 is 4.79 Å². The van der Waals surface area contributed by atoms with Crippen LogP contribution >= 0.6 is 11.6 Å². The maximum atomic E-state index is 13.1. The topological polar surface area (TPSA) is 67.2 Å². The van der Waals surface area contributed by atoms with E-state index in [0.717, 1.165) is 5.56 Å². The van der Waals surface area contributed by atoms with Crippen LogP contribution in [0.5, 0.6) is 0 Å². The first-order valence-electron chi connectivity index (χ1n) is 9.98. The molecule has 30 heavy (non-hydrogen) atoms. The molecule has 6 nitrogen and oxygen atoms in total. The first-order valence-corrected chi connectivity index (χ1v) is 10.4. The van der Waals surface area contributed by atoms with Gasteiger partial charge in [-0.3, -0.25) is 9.59 Å². The summed E-state index contributed by atoms with van der Waals surface area (Å²) < 4.78 is 1.39. The Morgan fingerprint density at radius 1 is 1.10 bits per heavy atom. The van der Waals surface area contributed by atoms with E-state index in [1.165, 1.54) is 4.68 Å². The first-order chi connectivity index (χ1) is 14.3. The van der Waals surface area contributed by atoms with Crippen molar-refractivity contribution in [2.24, 2.45) is 5.92 Å². The van der Waals surface area contributed by atoms with Crippen molar-refractivity contribution in [2.75, 3.05) is 20.6 Å². The molecule has 7 heteroatoms. The smallest absolute Gasteiger partial charge is 0.274 e. The van der Waals surface area contributed by atoms with Gasteiger partial charge in [0, 0.05) is 23.5 Å². The van der Waals surface area contributed by atoms with Crippen molar-refractivity contribution in [1.82, 2.24) is 20.0 Å². The fourth-order valence-electron chi connectivity index (χ4n) is 3.46. The zero-order chi connectivity index (χ0) is 21.8. The van der Waals surface area contributed by atoms with Crippen LogP contribution in [-0.4, -0.2) is 41.2 Å². The van der Waals surface area contributed by atoms with Gasteiger partial charge in [0.15, 0.2) is 5.69 Å². The second kappa shape index (κ2) is 9.41. The molecule has 0 saturated carbocycles. The summed E-state index contributed by atoms with van der Waals surface area (Å²) in [4.78, 5) is 27.9. The van der Waals surface area contributed by atoms with Gasteiger partial charge in [0.2, 0.25) is 0 Å². The minimum Gasteiger partial charge on any atom is -0.349 e. The number of aromatic nitrogens is 2. The van der Waals surface area contributed by atoms with Gasteiger partial charge in [-0.1, -0.05) is 61.8 Å². The van der Waals surface area contributed by atoms with Gasteiger partial charge in [0.1, 0.15) is 0 Å². The Morgan fingerprint density at radius 2 is 1.73 bits per heavy atom. The Kier molecular flexibility index (Phi) is 6.90. The summed E-state index contributed by atoms with van der Waals surface area (Å²) >= 11 is 6.37. The number of hydrogen-bond donors (Lipinski definition) is 1. The summed E-state index contributed by atoms with van der Waals surface area (Å²) in [6, 6.07) is 14.6. The molecule has 0 aliphatic heterocycles. The Hall–Kier alpha value is -2.70. The molecule has 3 rings (SSSR count). The van der Waals surface area contributed by atoms with Gasteiger partial charge < -0.3 is 10.2 Å². The average molecular weight is 427 g/mol. The van der Waals surface area contributed by atoms with Gasteiger partial charge in [-0.2, -0.15) is 5.10 Å².